The molecule has 0 spiro atoms. The van der Waals surface area contributed by atoms with Gasteiger partial charge in [0.1, 0.15) is 11.6 Å². The summed E-state index contributed by atoms with van der Waals surface area (Å²) >= 11 is 7.81. The van der Waals surface area contributed by atoms with Crippen molar-refractivity contribution in [2.24, 2.45) is 0 Å². The maximum Gasteiger partial charge on any atom is 0.230 e. The van der Waals surface area contributed by atoms with Crippen LogP contribution >= 0.6 is 23.4 Å². The number of nitrogens with zero attached hydrogens (tertiary/aromatic N) is 2. The molecule has 1 amide bonds. The number of fused-ring (bicyclic) bond motifs is 1. The summed E-state index contributed by atoms with van der Waals surface area (Å²) in [6.45, 7) is 2.01. The van der Waals surface area contributed by atoms with Gasteiger partial charge in [-0.25, -0.2) is 9.07 Å². The summed E-state index contributed by atoms with van der Waals surface area (Å²) in [4.78, 5) is 12.7. The van der Waals surface area contributed by atoms with Gasteiger partial charge in [0.15, 0.2) is 0 Å². The third-order valence-corrected chi connectivity index (χ3v) is 5.78. The van der Waals surface area contributed by atoms with Crippen LogP contribution in [-0.2, 0) is 22.7 Å². The van der Waals surface area contributed by atoms with Crippen LogP contribution in [0.25, 0.3) is 5.69 Å². The molecule has 0 saturated carbocycles. The average Bonchev–Trinajstić information content (AvgIpc) is 3.21. The minimum atomic E-state index is -0.481. The fourth-order valence-electron chi connectivity index (χ4n) is 3.13. The quantitative estimate of drug-likeness (QED) is 0.676. The van der Waals surface area contributed by atoms with Crippen LogP contribution in [-0.4, -0.2) is 15.7 Å². The van der Waals surface area contributed by atoms with E-state index in [9.17, 15) is 9.18 Å². The molecule has 7 heteroatoms. The van der Waals surface area contributed by atoms with E-state index in [1.807, 2.05) is 31.2 Å². The first-order valence-electron chi connectivity index (χ1n) is 8.51. The van der Waals surface area contributed by atoms with E-state index in [1.54, 1.807) is 22.5 Å². The van der Waals surface area contributed by atoms with Crippen molar-refractivity contribution in [1.29, 1.82) is 0 Å². The molecule has 1 aromatic heterocycles. The summed E-state index contributed by atoms with van der Waals surface area (Å²) in [5.41, 5.74) is 4.18. The molecule has 1 aliphatic rings. The van der Waals surface area contributed by atoms with E-state index in [1.165, 1.54) is 12.1 Å². The topological polar surface area (TPSA) is 46.9 Å². The van der Waals surface area contributed by atoms with Crippen LogP contribution in [0.2, 0.25) is 5.02 Å². The SMILES string of the molecule is Cc1cccc(-n2nc3c(c2NC(=O)Cc2c(F)cccc2Cl)CSC3)c1. The Hall–Kier alpha value is -2.31. The largest absolute Gasteiger partial charge is 0.310 e. The Bertz CT molecular complexity index is 1010. The Balaban J connectivity index is 1.66. The van der Waals surface area contributed by atoms with Crippen LogP contribution < -0.4 is 5.32 Å². The van der Waals surface area contributed by atoms with Gasteiger partial charge >= 0.3 is 0 Å². The molecule has 0 radical (unpaired) electrons. The zero-order valence-corrected chi connectivity index (χ0v) is 16.2. The molecule has 2 heterocycles. The molecule has 2 aromatic carbocycles. The molecule has 4 rings (SSSR count). The molecule has 138 valence electrons. The van der Waals surface area contributed by atoms with Crippen molar-refractivity contribution in [3.63, 3.8) is 0 Å². The van der Waals surface area contributed by atoms with Crippen LogP contribution in [0.5, 0.6) is 0 Å². The molecule has 0 unspecified atom stereocenters. The Morgan fingerprint density at radius 3 is 2.89 bits per heavy atom. The van der Waals surface area contributed by atoms with Gasteiger partial charge < -0.3 is 5.32 Å². The van der Waals surface area contributed by atoms with Gasteiger partial charge in [-0.2, -0.15) is 16.9 Å². The summed E-state index contributed by atoms with van der Waals surface area (Å²) in [5, 5.41) is 7.86. The summed E-state index contributed by atoms with van der Waals surface area (Å²) in [5.74, 6) is 1.45. The van der Waals surface area contributed by atoms with Gasteiger partial charge in [-0.1, -0.05) is 29.8 Å². The van der Waals surface area contributed by atoms with Crippen LogP contribution in [0, 0.1) is 12.7 Å². The van der Waals surface area contributed by atoms with Gasteiger partial charge in [0.05, 0.1) is 17.8 Å². The predicted molar refractivity (Wildman–Crippen MR) is 107 cm³/mol. The van der Waals surface area contributed by atoms with Gasteiger partial charge in [0.25, 0.3) is 0 Å². The molecular weight excluding hydrogens is 385 g/mol. The fraction of sp³-hybridized carbons (Fsp3) is 0.200. The highest BCUT2D eigenvalue weighted by atomic mass is 35.5. The molecule has 4 nitrogen and oxygen atoms in total. The number of halogens is 2. The van der Waals surface area contributed by atoms with Crippen LogP contribution in [0.1, 0.15) is 22.4 Å². The minimum absolute atomic E-state index is 0.133. The van der Waals surface area contributed by atoms with Crippen molar-refractivity contribution < 1.29 is 9.18 Å². The predicted octanol–water partition coefficient (Wildman–Crippen LogP) is 4.90. The number of hydrogen-bond donors (Lipinski definition) is 1. The van der Waals surface area contributed by atoms with Crippen LogP contribution in [0.4, 0.5) is 10.2 Å². The van der Waals surface area contributed by atoms with E-state index in [-0.39, 0.29) is 22.9 Å². The first-order valence-corrected chi connectivity index (χ1v) is 10.0. The van der Waals surface area contributed by atoms with Gasteiger partial charge in [-0.15, -0.1) is 0 Å². The molecule has 0 bridgehead atoms. The van der Waals surface area contributed by atoms with Crippen molar-refractivity contribution in [3.05, 3.63) is 75.7 Å². The molecule has 0 fully saturated rings. The Kier molecular flexibility index (Phi) is 4.93. The molecule has 3 aromatic rings. The molecular formula is C20H17ClFN3OS. The Morgan fingerprint density at radius 1 is 1.30 bits per heavy atom. The number of aromatic nitrogens is 2. The summed E-state index contributed by atoms with van der Waals surface area (Å²) in [6.07, 6.45) is -0.133. The number of nitrogens with one attached hydrogen (secondary N) is 1. The number of anilines is 1. The van der Waals surface area contributed by atoms with Crippen LogP contribution in [0.15, 0.2) is 42.5 Å². The number of amides is 1. The van der Waals surface area contributed by atoms with E-state index in [0.29, 0.717) is 5.82 Å². The van der Waals surface area contributed by atoms with Gasteiger partial charge in [-0.05, 0) is 36.8 Å². The third kappa shape index (κ3) is 3.59. The fourth-order valence-corrected chi connectivity index (χ4v) is 4.39. The smallest absolute Gasteiger partial charge is 0.230 e. The van der Waals surface area contributed by atoms with Crippen LogP contribution in [0.3, 0.4) is 0 Å². The van der Waals surface area contributed by atoms with Crippen molar-refractivity contribution in [3.8, 4) is 5.69 Å². The number of hydrogen-bond acceptors (Lipinski definition) is 3. The minimum Gasteiger partial charge on any atom is -0.310 e. The van der Waals surface area contributed by atoms with Gasteiger partial charge in [0, 0.05) is 27.7 Å². The second-order valence-electron chi connectivity index (χ2n) is 6.44. The third-order valence-electron chi connectivity index (χ3n) is 4.45. The lowest BCUT2D eigenvalue weighted by Gasteiger charge is -2.12. The molecule has 0 saturated heterocycles. The number of thioether (sulfide) groups is 1. The zero-order chi connectivity index (χ0) is 19.0. The number of rotatable bonds is 4. The second kappa shape index (κ2) is 7.37. The standard InChI is InChI=1S/C20H17ClFN3OS/c1-12-4-2-5-13(8-12)25-20(15-10-27-11-18(15)24-25)23-19(26)9-14-16(21)6-3-7-17(14)22/h2-8H,9-11H2,1H3,(H,23,26). The van der Waals surface area contributed by atoms with Crippen molar-refractivity contribution in [2.75, 3.05) is 5.32 Å². The first kappa shape index (κ1) is 18.1. The maximum atomic E-state index is 14.0. The molecule has 1 aliphatic heterocycles. The summed E-state index contributed by atoms with van der Waals surface area (Å²) in [6, 6.07) is 12.3. The number of benzene rings is 2. The molecule has 1 N–H and O–H groups in total. The van der Waals surface area contributed by atoms with E-state index in [4.69, 9.17) is 11.6 Å². The lowest BCUT2D eigenvalue weighted by Crippen LogP contribution is -2.19. The lowest BCUT2D eigenvalue weighted by molar-refractivity contribution is -0.115. The summed E-state index contributed by atoms with van der Waals surface area (Å²) < 4.78 is 15.8. The lowest BCUT2D eigenvalue weighted by atomic mass is 10.1. The zero-order valence-electron chi connectivity index (χ0n) is 14.6. The molecule has 0 aliphatic carbocycles. The van der Waals surface area contributed by atoms with Crippen molar-refractivity contribution in [1.82, 2.24) is 9.78 Å². The number of carbonyl (C=O) groups excluding carboxylic acids is 1. The maximum absolute atomic E-state index is 14.0. The van der Waals surface area contributed by atoms with E-state index in [0.717, 1.165) is 34.0 Å². The van der Waals surface area contributed by atoms with E-state index < -0.39 is 5.82 Å². The van der Waals surface area contributed by atoms with E-state index in [2.05, 4.69) is 10.4 Å². The van der Waals surface area contributed by atoms with Gasteiger partial charge in [0.2, 0.25) is 5.91 Å². The molecule has 0 atom stereocenters. The number of aryl methyl sites for hydroxylation is 1. The normalized spacial score (nSPS) is 12.9. The number of carbonyl (C=O) groups is 1. The molecule has 27 heavy (non-hydrogen) atoms. The Morgan fingerprint density at radius 2 is 2.11 bits per heavy atom. The second-order valence-corrected chi connectivity index (χ2v) is 7.84. The van der Waals surface area contributed by atoms with E-state index >= 15 is 0 Å². The monoisotopic (exact) mass is 401 g/mol. The summed E-state index contributed by atoms with van der Waals surface area (Å²) in [7, 11) is 0. The van der Waals surface area contributed by atoms with Gasteiger partial charge in [-0.3, -0.25) is 4.79 Å². The Labute approximate surface area is 165 Å². The first-order chi connectivity index (χ1) is 13.0. The highest BCUT2D eigenvalue weighted by Gasteiger charge is 2.25. The van der Waals surface area contributed by atoms with Crippen molar-refractivity contribution in [2.45, 2.75) is 24.9 Å². The highest BCUT2D eigenvalue weighted by molar-refractivity contribution is 7.98. The average molecular weight is 402 g/mol. The highest BCUT2D eigenvalue weighted by Crippen LogP contribution is 2.36. The van der Waals surface area contributed by atoms with Crippen molar-refractivity contribution >= 4 is 35.1 Å².